The molecular formula is C22H22ClFN4O3. The first-order valence-electron chi connectivity index (χ1n) is 9.56. The Balaban J connectivity index is 1.72. The molecule has 0 bridgehead atoms. The number of hydrogen-bond acceptors (Lipinski definition) is 5. The minimum atomic E-state index is -1.08. The zero-order chi connectivity index (χ0) is 22.7. The molecule has 1 aromatic carbocycles. The summed E-state index contributed by atoms with van der Waals surface area (Å²) in [5.41, 5.74) is 2.16. The molecule has 0 radical (unpaired) electrons. The van der Waals surface area contributed by atoms with E-state index in [1.54, 1.807) is 29.9 Å². The number of nitrogens with zero attached hydrogens (tertiary/aromatic N) is 4. The zero-order valence-corrected chi connectivity index (χ0v) is 18.4. The van der Waals surface area contributed by atoms with Crippen LogP contribution in [0.1, 0.15) is 34.4 Å². The quantitative estimate of drug-likeness (QED) is 0.539. The van der Waals surface area contributed by atoms with Crippen molar-refractivity contribution in [2.24, 2.45) is 0 Å². The monoisotopic (exact) mass is 444 g/mol. The Morgan fingerprint density at radius 1 is 1.23 bits per heavy atom. The van der Waals surface area contributed by atoms with Crippen LogP contribution in [0.3, 0.4) is 0 Å². The molecule has 1 atom stereocenters. The van der Waals surface area contributed by atoms with Crippen molar-refractivity contribution in [3.05, 3.63) is 75.9 Å². The maximum Gasteiger partial charge on any atom is 0.359 e. The molecule has 31 heavy (non-hydrogen) atoms. The van der Waals surface area contributed by atoms with Gasteiger partial charge in [-0.3, -0.25) is 4.79 Å². The second kappa shape index (κ2) is 9.26. The van der Waals surface area contributed by atoms with Crippen molar-refractivity contribution < 1.29 is 18.7 Å². The van der Waals surface area contributed by atoms with Gasteiger partial charge in [-0.25, -0.2) is 18.9 Å². The van der Waals surface area contributed by atoms with E-state index in [9.17, 15) is 14.0 Å². The van der Waals surface area contributed by atoms with Gasteiger partial charge in [0.2, 0.25) is 0 Å². The van der Waals surface area contributed by atoms with E-state index in [4.69, 9.17) is 16.3 Å². The van der Waals surface area contributed by atoms with Gasteiger partial charge in [0.1, 0.15) is 5.82 Å². The Kier molecular flexibility index (Phi) is 6.70. The third-order valence-corrected chi connectivity index (χ3v) is 4.87. The third-order valence-electron chi connectivity index (χ3n) is 4.57. The van der Waals surface area contributed by atoms with Gasteiger partial charge >= 0.3 is 5.97 Å². The van der Waals surface area contributed by atoms with Gasteiger partial charge in [0.15, 0.2) is 17.6 Å². The summed E-state index contributed by atoms with van der Waals surface area (Å²) in [4.78, 5) is 30.9. The number of likely N-dealkylation sites (N-methyl/N-ethyl adjacent to an activating group) is 1. The molecule has 3 aromatic rings. The number of carbonyl (C=O) groups excluding carboxylic acids is 2. The molecule has 0 fully saturated rings. The smallest absolute Gasteiger partial charge is 0.359 e. The second-order valence-corrected chi connectivity index (χ2v) is 7.62. The number of pyridine rings is 1. The molecule has 7 nitrogen and oxygen atoms in total. The van der Waals surface area contributed by atoms with Crippen LogP contribution in [0.25, 0.3) is 5.82 Å². The van der Waals surface area contributed by atoms with Crippen molar-refractivity contribution in [1.82, 2.24) is 19.7 Å². The fraction of sp³-hybridized carbons (Fsp3) is 0.273. The minimum absolute atomic E-state index is 0.100. The highest BCUT2D eigenvalue weighted by Crippen LogP contribution is 2.19. The molecule has 9 heteroatoms. The van der Waals surface area contributed by atoms with Crippen molar-refractivity contribution >= 4 is 23.5 Å². The highest BCUT2D eigenvalue weighted by molar-refractivity contribution is 6.33. The van der Waals surface area contributed by atoms with Crippen LogP contribution in [-0.2, 0) is 16.1 Å². The van der Waals surface area contributed by atoms with Gasteiger partial charge in [-0.15, -0.1) is 0 Å². The number of carbonyl (C=O) groups is 2. The predicted molar refractivity (Wildman–Crippen MR) is 114 cm³/mol. The van der Waals surface area contributed by atoms with Gasteiger partial charge in [0.25, 0.3) is 5.91 Å². The maximum atomic E-state index is 13.4. The average Bonchev–Trinajstić information content (AvgIpc) is 3.05. The van der Waals surface area contributed by atoms with Crippen molar-refractivity contribution in [3.8, 4) is 5.82 Å². The molecule has 3 rings (SSSR count). The molecule has 0 aliphatic rings. The van der Waals surface area contributed by atoms with E-state index < -0.39 is 18.0 Å². The van der Waals surface area contributed by atoms with Crippen LogP contribution in [-0.4, -0.2) is 44.7 Å². The van der Waals surface area contributed by atoms with Crippen LogP contribution < -0.4 is 0 Å². The van der Waals surface area contributed by atoms with Gasteiger partial charge < -0.3 is 9.64 Å². The molecule has 0 saturated heterocycles. The number of halogens is 2. The van der Waals surface area contributed by atoms with Crippen molar-refractivity contribution in [3.63, 3.8) is 0 Å². The zero-order valence-electron chi connectivity index (χ0n) is 17.6. The molecule has 0 spiro atoms. The molecular weight excluding hydrogens is 423 g/mol. The van der Waals surface area contributed by atoms with Crippen LogP contribution in [0.5, 0.6) is 0 Å². The van der Waals surface area contributed by atoms with Crippen molar-refractivity contribution in [1.29, 1.82) is 0 Å². The van der Waals surface area contributed by atoms with E-state index in [0.29, 0.717) is 11.4 Å². The Labute approximate surface area is 184 Å². The number of benzene rings is 1. The van der Waals surface area contributed by atoms with Crippen molar-refractivity contribution in [2.45, 2.75) is 33.4 Å². The van der Waals surface area contributed by atoms with Crippen LogP contribution in [0, 0.1) is 19.7 Å². The number of esters is 1. The van der Waals surface area contributed by atoms with Crippen LogP contribution in [0.4, 0.5) is 4.39 Å². The first kappa shape index (κ1) is 22.4. The SMILES string of the molecule is Cc1cc(C)n(-c2ccc(Cl)c(C(=O)OC(C)C(=O)N(C)Cc3cccc(F)c3)n2)n1. The molecule has 0 saturated carbocycles. The van der Waals surface area contributed by atoms with Crippen LogP contribution >= 0.6 is 11.6 Å². The van der Waals surface area contributed by atoms with Gasteiger partial charge in [-0.2, -0.15) is 5.10 Å². The molecule has 2 heterocycles. The molecule has 162 valence electrons. The molecule has 1 amide bonds. The fourth-order valence-corrected chi connectivity index (χ4v) is 3.30. The van der Waals surface area contributed by atoms with Crippen molar-refractivity contribution in [2.75, 3.05) is 7.05 Å². The summed E-state index contributed by atoms with van der Waals surface area (Å²) in [6.45, 7) is 5.34. The largest absolute Gasteiger partial charge is 0.448 e. The number of hydrogen-bond donors (Lipinski definition) is 0. The van der Waals surface area contributed by atoms with E-state index in [-0.39, 0.29) is 23.1 Å². The lowest BCUT2D eigenvalue weighted by Gasteiger charge is -2.21. The summed E-state index contributed by atoms with van der Waals surface area (Å²) in [5, 5.41) is 4.44. The van der Waals surface area contributed by atoms with Gasteiger partial charge in [-0.1, -0.05) is 23.7 Å². The Morgan fingerprint density at radius 2 is 1.97 bits per heavy atom. The van der Waals surface area contributed by atoms with Gasteiger partial charge in [0.05, 0.1) is 10.7 Å². The summed E-state index contributed by atoms with van der Waals surface area (Å²) in [5.74, 6) is -1.25. The first-order chi connectivity index (χ1) is 14.7. The molecule has 0 aliphatic carbocycles. The lowest BCUT2D eigenvalue weighted by Crippen LogP contribution is -2.37. The van der Waals surface area contributed by atoms with E-state index in [2.05, 4.69) is 10.1 Å². The van der Waals surface area contributed by atoms with Crippen LogP contribution in [0.2, 0.25) is 5.02 Å². The summed E-state index contributed by atoms with van der Waals surface area (Å²) in [6.07, 6.45) is -1.08. The highest BCUT2D eigenvalue weighted by atomic mass is 35.5. The average molecular weight is 445 g/mol. The predicted octanol–water partition coefficient (Wildman–Crippen LogP) is 3.88. The van der Waals surface area contributed by atoms with Gasteiger partial charge in [0, 0.05) is 19.3 Å². The molecule has 2 aromatic heterocycles. The normalized spacial score (nSPS) is 11.8. The first-order valence-corrected chi connectivity index (χ1v) is 9.94. The van der Waals surface area contributed by atoms with E-state index in [0.717, 1.165) is 11.4 Å². The molecule has 1 unspecified atom stereocenters. The summed E-state index contributed by atoms with van der Waals surface area (Å²) in [6, 6.07) is 11.0. The fourth-order valence-electron chi connectivity index (χ4n) is 3.12. The third kappa shape index (κ3) is 5.27. The Hall–Kier alpha value is -3.26. The summed E-state index contributed by atoms with van der Waals surface area (Å²) >= 11 is 6.15. The van der Waals surface area contributed by atoms with Gasteiger partial charge in [-0.05, 0) is 56.7 Å². The summed E-state index contributed by atoms with van der Waals surface area (Å²) < 4.78 is 20.3. The van der Waals surface area contributed by atoms with Crippen LogP contribution in [0.15, 0.2) is 42.5 Å². The molecule has 0 aliphatic heterocycles. The Morgan fingerprint density at radius 3 is 2.61 bits per heavy atom. The maximum absolute atomic E-state index is 13.4. The lowest BCUT2D eigenvalue weighted by atomic mass is 10.2. The number of amides is 1. The molecule has 0 N–H and O–H groups in total. The minimum Gasteiger partial charge on any atom is -0.448 e. The lowest BCUT2D eigenvalue weighted by molar-refractivity contribution is -0.139. The number of aromatic nitrogens is 3. The topological polar surface area (TPSA) is 77.3 Å². The number of aryl methyl sites for hydroxylation is 2. The van der Waals surface area contributed by atoms with E-state index in [1.807, 2.05) is 19.9 Å². The summed E-state index contributed by atoms with van der Waals surface area (Å²) in [7, 11) is 1.55. The Bertz CT molecular complexity index is 1130. The van der Waals surface area contributed by atoms with E-state index in [1.165, 1.54) is 30.0 Å². The standard InChI is InChI=1S/C22H22ClFN4O3/c1-13-10-14(2)28(26-13)19-9-8-18(23)20(25-19)22(30)31-15(3)21(29)27(4)12-16-6-5-7-17(24)11-16/h5-11,15H,12H2,1-4H3. The number of ether oxygens (including phenoxy) is 1. The number of rotatable bonds is 6. The van der Waals surface area contributed by atoms with E-state index >= 15 is 0 Å². The highest BCUT2D eigenvalue weighted by Gasteiger charge is 2.25. The second-order valence-electron chi connectivity index (χ2n) is 7.21.